The van der Waals surface area contributed by atoms with Gasteiger partial charge in [-0.25, -0.2) is 0 Å². The van der Waals surface area contributed by atoms with Gasteiger partial charge in [0.2, 0.25) is 0 Å². The van der Waals surface area contributed by atoms with Gasteiger partial charge in [0.05, 0.1) is 6.42 Å². The topological polar surface area (TPSA) is 82.1 Å². The minimum atomic E-state index is -0.787. The zero-order valence-electron chi connectivity index (χ0n) is 34.2. The number of carbonyl (C=O) groups excluding carboxylic acids is 3. The van der Waals surface area contributed by atoms with Crippen LogP contribution in [0, 0.1) is 0 Å². The Hall–Kier alpha value is -2.67. The van der Waals surface area contributed by atoms with Crippen molar-refractivity contribution in [3.05, 3.63) is 48.6 Å². The average molecular weight is 742 g/mol. The van der Waals surface area contributed by atoms with Gasteiger partial charge in [0, 0.05) is 19.4 Å². The SMILES string of the molecule is CCCCC/C=C\C/C=C\CCCCCCCC(=O)OC[C@H](COC(=O)CCN1CCCC1)OC(=O)CCCCCCC/C=C\C/C=C\CCCCC. The minimum Gasteiger partial charge on any atom is -0.462 e. The summed E-state index contributed by atoms with van der Waals surface area (Å²) >= 11 is 0. The van der Waals surface area contributed by atoms with Crippen LogP contribution in [0.1, 0.15) is 187 Å². The van der Waals surface area contributed by atoms with Crippen molar-refractivity contribution in [1.29, 1.82) is 0 Å². The Morgan fingerprint density at radius 2 is 0.887 bits per heavy atom. The fourth-order valence-electron chi connectivity index (χ4n) is 6.29. The number of unbranched alkanes of at least 4 members (excludes halogenated alkanes) is 16. The first-order chi connectivity index (χ1) is 26.0. The third-order valence-corrected chi connectivity index (χ3v) is 9.65. The first-order valence-corrected chi connectivity index (χ1v) is 21.9. The van der Waals surface area contributed by atoms with Crippen LogP contribution in [-0.4, -0.2) is 61.8 Å². The summed E-state index contributed by atoms with van der Waals surface area (Å²) in [6.07, 6.45) is 45.3. The summed E-state index contributed by atoms with van der Waals surface area (Å²) in [5, 5.41) is 0. The van der Waals surface area contributed by atoms with E-state index in [2.05, 4.69) is 67.4 Å². The molecule has 0 bridgehead atoms. The molecule has 0 unspecified atom stereocenters. The van der Waals surface area contributed by atoms with Crippen LogP contribution in [0.15, 0.2) is 48.6 Å². The molecule has 7 nitrogen and oxygen atoms in total. The van der Waals surface area contributed by atoms with Crippen LogP contribution in [0.4, 0.5) is 0 Å². The number of carbonyl (C=O) groups is 3. The van der Waals surface area contributed by atoms with E-state index in [4.69, 9.17) is 14.2 Å². The van der Waals surface area contributed by atoms with Crippen molar-refractivity contribution in [2.45, 2.75) is 193 Å². The molecule has 0 radical (unpaired) electrons. The van der Waals surface area contributed by atoms with E-state index in [1.165, 1.54) is 70.6 Å². The van der Waals surface area contributed by atoms with E-state index in [1.807, 2.05) is 0 Å². The molecule has 1 aliphatic rings. The quantitative estimate of drug-likeness (QED) is 0.0274. The molecular formula is C46H79NO6. The highest BCUT2D eigenvalue weighted by Crippen LogP contribution is 2.13. The van der Waals surface area contributed by atoms with Crippen molar-refractivity contribution in [3.63, 3.8) is 0 Å². The number of hydrogen-bond acceptors (Lipinski definition) is 7. The number of rotatable bonds is 36. The van der Waals surface area contributed by atoms with Gasteiger partial charge in [-0.3, -0.25) is 14.4 Å². The molecule has 0 aliphatic carbocycles. The van der Waals surface area contributed by atoms with Crippen LogP contribution in [0.5, 0.6) is 0 Å². The lowest BCUT2D eigenvalue weighted by Gasteiger charge is -2.19. The number of esters is 3. The van der Waals surface area contributed by atoms with Crippen molar-refractivity contribution < 1.29 is 28.6 Å². The second-order valence-corrected chi connectivity index (χ2v) is 14.7. The predicted molar refractivity (Wildman–Crippen MR) is 221 cm³/mol. The third kappa shape index (κ3) is 33.6. The molecule has 1 fully saturated rings. The molecule has 0 spiro atoms. The Morgan fingerprint density at radius 1 is 0.491 bits per heavy atom. The number of nitrogens with zero attached hydrogens (tertiary/aromatic N) is 1. The molecule has 1 atom stereocenters. The van der Waals surface area contributed by atoms with E-state index in [1.54, 1.807) is 0 Å². The molecule has 0 aromatic rings. The summed E-state index contributed by atoms with van der Waals surface area (Å²) in [7, 11) is 0. The normalized spacial score (nSPS) is 14.3. The Morgan fingerprint density at radius 3 is 1.36 bits per heavy atom. The Bertz CT molecular complexity index is 996. The Balaban J connectivity index is 2.25. The van der Waals surface area contributed by atoms with Crippen molar-refractivity contribution in [2.75, 3.05) is 32.8 Å². The molecule has 1 rings (SSSR count). The Labute approximate surface area is 325 Å². The summed E-state index contributed by atoms with van der Waals surface area (Å²) in [6.45, 7) is 7.00. The second-order valence-electron chi connectivity index (χ2n) is 14.7. The third-order valence-electron chi connectivity index (χ3n) is 9.65. The van der Waals surface area contributed by atoms with Crippen LogP contribution in [0.25, 0.3) is 0 Å². The monoisotopic (exact) mass is 742 g/mol. The van der Waals surface area contributed by atoms with E-state index in [-0.39, 0.29) is 31.1 Å². The zero-order valence-corrected chi connectivity index (χ0v) is 34.2. The summed E-state index contributed by atoms with van der Waals surface area (Å²) in [6, 6.07) is 0. The molecule has 53 heavy (non-hydrogen) atoms. The van der Waals surface area contributed by atoms with Crippen molar-refractivity contribution in [1.82, 2.24) is 4.90 Å². The minimum absolute atomic E-state index is 0.0909. The molecule has 1 aliphatic heterocycles. The van der Waals surface area contributed by atoms with Gasteiger partial charge in [-0.05, 0) is 103 Å². The van der Waals surface area contributed by atoms with Crippen LogP contribution in [0.3, 0.4) is 0 Å². The van der Waals surface area contributed by atoms with Gasteiger partial charge >= 0.3 is 17.9 Å². The molecular weight excluding hydrogens is 663 g/mol. The fourth-order valence-corrected chi connectivity index (χ4v) is 6.29. The smallest absolute Gasteiger partial charge is 0.307 e. The lowest BCUT2D eigenvalue weighted by atomic mass is 10.1. The van der Waals surface area contributed by atoms with Crippen LogP contribution in [0.2, 0.25) is 0 Å². The molecule has 7 heteroatoms. The van der Waals surface area contributed by atoms with E-state index < -0.39 is 6.10 Å². The molecule has 304 valence electrons. The number of likely N-dealkylation sites (tertiary alicyclic amines) is 1. The van der Waals surface area contributed by atoms with Gasteiger partial charge in [-0.2, -0.15) is 0 Å². The van der Waals surface area contributed by atoms with Gasteiger partial charge in [-0.1, -0.05) is 127 Å². The van der Waals surface area contributed by atoms with Gasteiger partial charge in [0.25, 0.3) is 0 Å². The van der Waals surface area contributed by atoms with Gasteiger partial charge in [0.15, 0.2) is 6.10 Å². The lowest BCUT2D eigenvalue weighted by molar-refractivity contribution is -0.167. The maximum absolute atomic E-state index is 12.7. The van der Waals surface area contributed by atoms with Gasteiger partial charge in [0.1, 0.15) is 13.2 Å². The highest BCUT2D eigenvalue weighted by molar-refractivity contribution is 5.71. The Kier molecular flexibility index (Phi) is 34.3. The molecule has 0 aromatic heterocycles. The largest absolute Gasteiger partial charge is 0.462 e. The standard InChI is InChI=1S/C46H79NO6/c1-3-5-7-9-11-13-15-17-19-21-23-25-27-29-31-35-44(48)51-41-43(42-52-45(49)37-40-47-38-33-34-39-47)53-46(50)36-32-30-28-26-24-22-20-18-16-14-12-10-8-6-4-2/h11-14,17-20,43H,3-10,15-16,21-42H2,1-2H3/b13-11-,14-12-,19-17-,20-18-/t43-/m1/s1. The van der Waals surface area contributed by atoms with E-state index in [9.17, 15) is 14.4 Å². The van der Waals surface area contributed by atoms with Crippen LogP contribution < -0.4 is 0 Å². The van der Waals surface area contributed by atoms with Crippen molar-refractivity contribution in [2.24, 2.45) is 0 Å². The second kappa shape index (κ2) is 37.6. The van der Waals surface area contributed by atoms with Crippen LogP contribution >= 0.6 is 0 Å². The molecule has 0 aromatic carbocycles. The van der Waals surface area contributed by atoms with E-state index in [0.717, 1.165) is 96.6 Å². The van der Waals surface area contributed by atoms with E-state index in [0.29, 0.717) is 25.8 Å². The molecule has 0 saturated carbocycles. The number of allylic oxidation sites excluding steroid dienone is 8. The van der Waals surface area contributed by atoms with Crippen molar-refractivity contribution in [3.8, 4) is 0 Å². The predicted octanol–water partition coefficient (Wildman–Crippen LogP) is 12.1. The average Bonchev–Trinajstić information content (AvgIpc) is 3.69. The van der Waals surface area contributed by atoms with Crippen molar-refractivity contribution >= 4 is 17.9 Å². The summed E-state index contributed by atoms with van der Waals surface area (Å²) in [5.41, 5.74) is 0. The number of ether oxygens (including phenoxy) is 3. The molecule has 0 amide bonds. The maximum Gasteiger partial charge on any atom is 0.307 e. The summed E-state index contributed by atoms with van der Waals surface area (Å²) in [4.78, 5) is 39.8. The van der Waals surface area contributed by atoms with Gasteiger partial charge in [-0.15, -0.1) is 0 Å². The molecule has 1 saturated heterocycles. The first kappa shape index (κ1) is 48.3. The summed E-state index contributed by atoms with van der Waals surface area (Å²) < 4.78 is 16.6. The van der Waals surface area contributed by atoms with Crippen LogP contribution in [-0.2, 0) is 28.6 Å². The molecule has 0 N–H and O–H groups in total. The molecule has 1 heterocycles. The van der Waals surface area contributed by atoms with E-state index >= 15 is 0 Å². The first-order valence-electron chi connectivity index (χ1n) is 21.9. The summed E-state index contributed by atoms with van der Waals surface area (Å²) in [5.74, 6) is -0.951. The van der Waals surface area contributed by atoms with Gasteiger partial charge < -0.3 is 19.1 Å². The maximum atomic E-state index is 12.7. The highest BCUT2D eigenvalue weighted by atomic mass is 16.6. The highest BCUT2D eigenvalue weighted by Gasteiger charge is 2.20. The number of hydrogen-bond donors (Lipinski definition) is 0. The fraction of sp³-hybridized carbons (Fsp3) is 0.761. The lowest BCUT2D eigenvalue weighted by Crippen LogP contribution is -2.31. The zero-order chi connectivity index (χ0) is 38.3.